The second-order valence-electron chi connectivity index (χ2n) is 6.38. The summed E-state index contributed by atoms with van der Waals surface area (Å²) >= 11 is 0. The van der Waals surface area contributed by atoms with Crippen molar-refractivity contribution in [1.29, 1.82) is 0 Å². The van der Waals surface area contributed by atoms with Crippen LogP contribution >= 0.6 is 0 Å². The second kappa shape index (κ2) is 8.60. The van der Waals surface area contributed by atoms with Gasteiger partial charge in [0.25, 0.3) is 0 Å². The zero-order valence-corrected chi connectivity index (χ0v) is 15.6. The molecule has 3 rings (SSSR count). The third kappa shape index (κ3) is 4.80. The van der Waals surface area contributed by atoms with Crippen LogP contribution in [0.3, 0.4) is 0 Å². The number of aromatic hydroxyl groups is 1. The number of phenols is 1. The lowest BCUT2D eigenvalue weighted by atomic mass is 9.99. The van der Waals surface area contributed by atoms with E-state index >= 15 is 0 Å². The van der Waals surface area contributed by atoms with Crippen LogP contribution in [0, 0.1) is 0 Å². The quantitative estimate of drug-likeness (QED) is 0.820. The minimum absolute atomic E-state index is 0.0944. The lowest BCUT2D eigenvalue weighted by Crippen LogP contribution is -2.36. The van der Waals surface area contributed by atoms with Gasteiger partial charge < -0.3 is 19.9 Å². The van der Waals surface area contributed by atoms with Crippen molar-refractivity contribution in [2.45, 2.75) is 6.42 Å². The molecule has 6 heteroatoms. The normalized spacial score (nSPS) is 14.4. The third-order valence-electron chi connectivity index (χ3n) is 4.58. The van der Waals surface area contributed by atoms with E-state index < -0.39 is 0 Å². The standard InChI is InChI=1S/C21H24N2O4/c1-26-18-7-8-20(27-2)19(13-18)22-21(25)14-23-11-9-16(10-12-23)15-3-5-17(24)6-4-15/h3-9,13,24H,10-12,14H2,1-2H3,(H,22,25). The second-order valence-corrected chi connectivity index (χ2v) is 6.38. The number of nitrogens with zero attached hydrogens (tertiary/aromatic N) is 1. The first-order valence-corrected chi connectivity index (χ1v) is 8.81. The van der Waals surface area contributed by atoms with Gasteiger partial charge >= 0.3 is 0 Å². The summed E-state index contributed by atoms with van der Waals surface area (Å²) < 4.78 is 10.5. The van der Waals surface area contributed by atoms with Gasteiger partial charge in [-0.25, -0.2) is 0 Å². The SMILES string of the molecule is COc1ccc(OC)c(NC(=O)CN2CC=C(c3ccc(O)cc3)CC2)c1. The van der Waals surface area contributed by atoms with E-state index in [9.17, 15) is 9.90 Å². The van der Waals surface area contributed by atoms with Crippen LogP contribution in [0.15, 0.2) is 48.5 Å². The molecule has 0 saturated heterocycles. The molecule has 1 amide bonds. The van der Waals surface area contributed by atoms with E-state index in [1.165, 1.54) is 5.57 Å². The molecule has 142 valence electrons. The monoisotopic (exact) mass is 368 g/mol. The van der Waals surface area contributed by atoms with Crippen LogP contribution < -0.4 is 14.8 Å². The molecule has 0 spiro atoms. The molecule has 2 N–H and O–H groups in total. The van der Waals surface area contributed by atoms with Gasteiger partial charge in [0, 0.05) is 19.2 Å². The van der Waals surface area contributed by atoms with Gasteiger partial charge in [-0.05, 0) is 41.8 Å². The Morgan fingerprint density at radius 2 is 1.93 bits per heavy atom. The highest BCUT2D eigenvalue weighted by Gasteiger charge is 2.17. The molecule has 0 aliphatic carbocycles. The molecular weight excluding hydrogens is 344 g/mol. The van der Waals surface area contributed by atoms with E-state index in [-0.39, 0.29) is 11.7 Å². The van der Waals surface area contributed by atoms with Crippen molar-refractivity contribution in [1.82, 2.24) is 4.90 Å². The lowest BCUT2D eigenvalue weighted by molar-refractivity contribution is -0.117. The predicted octanol–water partition coefficient (Wildman–Crippen LogP) is 3.14. The molecule has 1 aliphatic heterocycles. The highest BCUT2D eigenvalue weighted by atomic mass is 16.5. The summed E-state index contributed by atoms with van der Waals surface area (Å²) in [5.41, 5.74) is 2.94. The fraction of sp³-hybridized carbons (Fsp3) is 0.286. The molecular formula is C21H24N2O4. The largest absolute Gasteiger partial charge is 0.508 e. The maximum atomic E-state index is 12.4. The van der Waals surface area contributed by atoms with Gasteiger partial charge in [0.2, 0.25) is 5.91 Å². The number of rotatable bonds is 6. The average Bonchev–Trinajstić information content (AvgIpc) is 2.69. The number of hydrogen-bond donors (Lipinski definition) is 2. The molecule has 6 nitrogen and oxygen atoms in total. The highest BCUT2D eigenvalue weighted by molar-refractivity contribution is 5.94. The molecule has 0 unspecified atom stereocenters. The van der Waals surface area contributed by atoms with Crippen molar-refractivity contribution in [2.24, 2.45) is 0 Å². The zero-order chi connectivity index (χ0) is 19.2. The molecule has 0 saturated carbocycles. The zero-order valence-electron chi connectivity index (χ0n) is 15.6. The Hall–Kier alpha value is -2.99. The van der Waals surface area contributed by atoms with Crippen LogP contribution in [0.5, 0.6) is 17.2 Å². The Labute approximate surface area is 159 Å². The van der Waals surface area contributed by atoms with Crippen molar-refractivity contribution in [3.8, 4) is 17.2 Å². The van der Waals surface area contributed by atoms with Crippen LogP contribution in [-0.2, 0) is 4.79 Å². The molecule has 1 aliphatic rings. The van der Waals surface area contributed by atoms with Crippen LogP contribution in [0.1, 0.15) is 12.0 Å². The van der Waals surface area contributed by atoms with Crippen molar-refractivity contribution in [3.63, 3.8) is 0 Å². The fourth-order valence-corrected chi connectivity index (χ4v) is 3.10. The number of benzene rings is 2. The Morgan fingerprint density at radius 3 is 2.56 bits per heavy atom. The van der Waals surface area contributed by atoms with E-state index in [1.54, 1.807) is 44.6 Å². The van der Waals surface area contributed by atoms with Crippen LogP contribution in [0.2, 0.25) is 0 Å². The van der Waals surface area contributed by atoms with Crippen molar-refractivity contribution in [2.75, 3.05) is 39.2 Å². The van der Waals surface area contributed by atoms with Crippen LogP contribution in [0.25, 0.3) is 5.57 Å². The Balaban J connectivity index is 1.59. The van der Waals surface area contributed by atoms with Crippen LogP contribution in [-0.4, -0.2) is 49.8 Å². The molecule has 2 aromatic carbocycles. The maximum absolute atomic E-state index is 12.4. The first-order chi connectivity index (χ1) is 13.1. The number of carbonyl (C=O) groups excluding carboxylic acids is 1. The van der Waals surface area contributed by atoms with E-state index in [4.69, 9.17) is 9.47 Å². The summed E-state index contributed by atoms with van der Waals surface area (Å²) in [5.74, 6) is 1.42. The van der Waals surface area contributed by atoms with E-state index in [2.05, 4.69) is 16.3 Å². The first kappa shape index (κ1) is 18.8. The summed E-state index contributed by atoms with van der Waals surface area (Å²) in [6, 6.07) is 12.5. The summed E-state index contributed by atoms with van der Waals surface area (Å²) in [7, 11) is 3.15. The van der Waals surface area contributed by atoms with Crippen molar-refractivity contribution >= 4 is 17.2 Å². The van der Waals surface area contributed by atoms with E-state index in [1.807, 2.05) is 12.1 Å². The fourth-order valence-electron chi connectivity index (χ4n) is 3.10. The number of amides is 1. The maximum Gasteiger partial charge on any atom is 0.238 e. The number of carbonyl (C=O) groups is 1. The number of methoxy groups -OCH3 is 2. The minimum atomic E-state index is -0.0944. The Morgan fingerprint density at radius 1 is 1.15 bits per heavy atom. The summed E-state index contributed by atoms with van der Waals surface area (Å²) in [6.45, 7) is 1.81. The van der Waals surface area contributed by atoms with Gasteiger partial charge in [-0.1, -0.05) is 18.2 Å². The summed E-state index contributed by atoms with van der Waals surface area (Å²) in [6.07, 6.45) is 3.00. The van der Waals surface area contributed by atoms with Gasteiger partial charge in [-0.2, -0.15) is 0 Å². The molecule has 0 aromatic heterocycles. The smallest absolute Gasteiger partial charge is 0.238 e. The molecule has 27 heavy (non-hydrogen) atoms. The Kier molecular flexibility index (Phi) is 5.98. The van der Waals surface area contributed by atoms with Gasteiger partial charge in [0.05, 0.1) is 26.5 Å². The lowest BCUT2D eigenvalue weighted by Gasteiger charge is -2.26. The number of hydrogen-bond acceptors (Lipinski definition) is 5. The number of nitrogens with one attached hydrogen (secondary N) is 1. The van der Waals surface area contributed by atoms with Gasteiger partial charge in [-0.3, -0.25) is 9.69 Å². The third-order valence-corrected chi connectivity index (χ3v) is 4.58. The molecule has 0 atom stereocenters. The van der Waals surface area contributed by atoms with Crippen LogP contribution in [0.4, 0.5) is 5.69 Å². The average molecular weight is 368 g/mol. The van der Waals surface area contributed by atoms with E-state index in [0.29, 0.717) is 30.3 Å². The van der Waals surface area contributed by atoms with Crippen molar-refractivity contribution in [3.05, 3.63) is 54.1 Å². The van der Waals surface area contributed by atoms with E-state index in [0.717, 1.165) is 18.5 Å². The number of phenolic OH excluding ortho intramolecular Hbond substituents is 1. The molecule has 0 bridgehead atoms. The number of anilines is 1. The predicted molar refractivity (Wildman–Crippen MR) is 105 cm³/mol. The molecule has 1 heterocycles. The van der Waals surface area contributed by atoms with Gasteiger partial charge in [-0.15, -0.1) is 0 Å². The van der Waals surface area contributed by atoms with Gasteiger partial charge in [0.15, 0.2) is 0 Å². The first-order valence-electron chi connectivity index (χ1n) is 8.81. The van der Waals surface area contributed by atoms with Gasteiger partial charge in [0.1, 0.15) is 17.2 Å². The Bertz CT molecular complexity index is 831. The number of ether oxygens (including phenoxy) is 2. The summed E-state index contributed by atoms with van der Waals surface area (Å²) in [4.78, 5) is 14.5. The molecule has 2 aromatic rings. The molecule has 0 fully saturated rings. The van der Waals surface area contributed by atoms with Crippen molar-refractivity contribution < 1.29 is 19.4 Å². The highest BCUT2D eigenvalue weighted by Crippen LogP contribution is 2.29. The summed E-state index contributed by atoms with van der Waals surface area (Å²) in [5, 5.41) is 12.3. The minimum Gasteiger partial charge on any atom is -0.508 e. The topological polar surface area (TPSA) is 71.0 Å². The molecule has 0 radical (unpaired) electrons.